The van der Waals surface area contributed by atoms with Gasteiger partial charge in [0.05, 0.1) is 19.9 Å². The summed E-state index contributed by atoms with van der Waals surface area (Å²) in [5.74, 6) is 0. The second kappa shape index (κ2) is 5.63. The molecule has 0 unspecified atom stereocenters. The average molecular weight is 204 g/mol. The van der Waals surface area contributed by atoms with Gasteiger partial charge in [0, 0.05) is 19.3 Å². The van der Waals surface area contributed by atoms with Gasteiger partial charge in [-0.25, -0.2) is 0 Å². The van der Waals surface area contributed by atoms with E-state index in [0.717, 1.165) is 38.5 Å². The summed E-state index contributed by atoms with van der Waals surface area (Å²) < 4.78 is 5.27. The van der Waals surface area contributed by atoms with Crippen LogP contribution in [0, 0.1) is 0 Å². The first kappa shape index (κ1) is 10.3. The van der Waals surface area contributed by atoms with Gasteiger partial charge in [0.15, 0.2) is 0 Å². The van der Waals surface area contributed by atoms with Crippen LogP contribution in [-0.4, -0.2) is 44.1 Å². The molecule has 0 N–H and O–H groups in total. The number of benzene rings is 1. The fraction of sp³-hybridized carbons (Fsp3) is 0.417. The fourth-order valence-corrected chi connectivity index (χ4v) is 1.54. The maximum Gasteiger partial charge on any atom is 0.0911 e. The summed E-state index contributed by atoms with van der Waals surface area (Å²) >= 11 is 0. The van der Waals surface area contributed by atoms with E-state index in [9.17, 15) is 0 Å². The molecule has 3 heteroatoms. The summed E-state index contributed by atoms with van der Waals surface area (Å²) in [5, 5.41) is 0. The van der Waals surface area contributed by atoms with Crippen molar-refractivity contribution in [2.24, 2.45) is 4.99 Å². The van der Waals surface area contributed by atoms with Crippen molar-refractivity contribution in [3.63, 3.8) is 0 Å². The molecule has 15 heavy (non-hydrogen) atoms. The number of morpholine rings is 1. The Morgan fingerprint density at radius 1 is 1.20 bits per heavy atom. The van der Waals surface area contributed by atoms with E-state index in [1.54, 1.807) is 0 Å². The molecule has 0 aliphatic carbocycles. The lowest BCUT2D eigenvalue weighted by Gasteiger charge is -2.24. The summed E-state index contributed by atoms with van der Waals surface area (Å²) in [6, 6.07) is 10.2. The van der Waals surface area contributed by atoms with E-state index in [4.69, 9.17) is 4.74 Å². The molecule has 80 valence electrons. The highest BCUT2D eigenvalue weighted by molar-refractivity contribution is 5.79. The highest BCUT2D eigenvalue weighted by Crippen LogP contribution is 1.97. The number of rotatable bonds is 3. The van der Waals surface area contributed by atoms with E-state index < -0.39 is 0 Å². The lowest BCUT2D eigenvalue weighted by molar-refractivity contribution is 0.0395. The van der Waals surface area contributed by atoms with Crippen molar-refractivity contribution in [3.8, 4) is 0 Å². The van der Waals surface area contributed by atoms with Crippen LogP contribution in [0.3, 0.4) is 0 Å². The zero-order valence-corrected chi connectivity index (χ0v) is 8.80. The number of nitrogens with zero attached hydrogens (tertiary/aromatic N) is 2. The Labute approximate surface area is 90.4 Å². The molecule has 0 aromatic heterocycles. The third-order valence-corrected chi connectivity index (χ3v) is 2.43. The minimum absolute atomic E-state index is 0.776. The van der Waals surface area contributed by atoms with Gasteiger partial charge >= 0.3 is 0 Å². The molecule has 1 aromatic carbocycles. The van der Waals surface area contributed by atoms with E-state index >= 15 is 0 Å². The Morgan fingerprint density at radius 2 is 1.93 bits per heavy atom. The van der Waals surface area contributed by atoms with Crippen LogP contribution in [0.4, 0.5) is 0 Å². The molecule has 0 radical (unpaired) electrons. The smallest absolute Gasteiger partial charge is 0.0911 e. The minimum atomic E-state index is 0.776. The van der Waals surface area contributed by atoms with Crippen LogP contribution < -0.4 is 0 Å². The van der Waals surface area contributed by atoms with Crippen molar-refractivity contribution < 1.29 is 4.74 Å². The molecule has 1 fully saturated rings. The topological polar surface area (TPSA) is 24.8 Å². The first-order chi connectivity index (χ1) is 7.45. The maximum atomic E-state index is 5.27. The second-order valence-electron chi connectivity index (χ2n) is 3.59. The van der Waals surface area contributed by atoms with Crippen LogP contribution >= 0.6 is 0 Å². The molecular weight excluding hydrogens is 188 g/mol. The molecule has 1 aromatic rings. The van der Waals surface area contributed by atoms with Gasteiger partial charge in [-0.3, -0.25) is 9.89 Å². The molecule has 1 aliphatic heterocycles. The first-order valence-corrected chi connectivity index (χ1v) is 5.30. The van der Waals surface area contributed by atoms with Gasteiger partial charge in [0.25, 0.3) is 0 Å². The SMILES string of the molecule is C(=N\CN1CCOCC1)/c1ccccc1. The highest BCUT2D eigenvalue weighted by atomic mass is 16.5. The van der Waals surface area contributed by atoms with Gasteiger partial charge in [0.2, 0.25) is 0 Å². The van der Waals surface area contributed by atoms with E-state index in [-0.39, 0.29) is 0 Å². The Hall–Kier alpha value is -1.19. The average Bonchev–Trinajstić information content (AvgIpc) is 2.32. The Kier molecular flexibility index (Phi) is 3.88. The summed E-state index contributed by atoms with van der Waals surface area (Å²) in [7, 11) is 0. The molecular formula is C12H16N2O. The first-order valence-electron chi connectivity index (χ1n) is 5.30. The van der Waals surface area contributed by atoms with Crippen LogP contribution in [0.25, 0.3) is 0 Å². The van der Waals surface area contributed by atoms with Crippen LogP contribution in [0.2, 0.25) is 0 Å². The van der Waals surface area contributed by atoms with Crippen LogP contribution in [0.1, 0.15) is 5.56 Å². The second-order valence-corrected chi connectivity index (χ2v) is 3.59. The summed E-state index contributed by atoms with van der Waals surface area (Å²) in [4.78, 5) is 6.71. The summed E-state index contributed by atoms with van der Waals surface area (Å²) in [6.45, 7) is 4.43. The van der Waals surface area contributed by atoms with Gasteiger partial charge in [-0.1, -0.05) is 30.3 Å². The van der Waals surface area contributed by atoms with Crippen molar-refractivity contribution in [2.75, 3.05) is 33.0 Å². The third-order valence-electron chi connectivity index (χ3n) is 2.43. The van der Waals surface area contributed by atoms with Crippen LogP contribution in [0.5, 0.6) is 0 Å². The zero-order chi connectivity index (χ0) is 10.3. The molecule has 2 rings (SSSR count). The summed E-state index contributed by atoms with van der Waals surface area (Å²) in [6.07, 6.45) is 1.93. The van der Waals surface area contributed by atoms with Gasteiger partial charge in [-0.2, -0.15) is 0 Å². The van der Waals surface area contributed by atoms with E-state index in [0.29, 0.717) is 0 Å². The Bertz CT molecular complexity index is 305. The minimum Gasteiger partial charge on any atom is -0.379 e. The van der Waals surface area contributed by atoms with Gasteiger partial charge < -0.3 is 4.74 Å². The number of ether oxygens (including phenoxy) is 1. The normalized spacial score (nSPS) is 18.4. The molecule has 0 spiro atoms. The standard InChI is InChI=1S/C12H16N2O/c1-2-4-12(5-3-1)10-13-11-14-6-8-15-9-7-14/h1-5,10H,6-9,11H2/b13-10+. The van der Waals surface area contributed by atoms with E-state index in [2.05, 4.69) is 22.0 Å². The summed E-state index contributed by atoms with van der Waals surface area (Å²) in [5.41, 5.74) is 1.16. The maximum absolute atomic E-state index is 5.27. The predicted molar refractivity (Wildman–Crippen MR) is 61.3 cm³/mol. The zero-order valence-electron chi connectivity index (χ0n) is 8.80. The lowest BCUT2D eigenvalue weighted by atomic mass is 10.2. The number of aliphatic imine (C=N–C) groups is 1. The highest BCUT2D eigenvalue weighted by Gasteiger charge is 2.07. The van der Waals surface area contributed by atoms with E-state index in [1.807, 2.05) is 24.4 Å². The van der Waals surface area contributed by atoms with Crippen LogP contribution in [0.15, 0.2) is 35.3 Å². The van der Waals surface area contributed by atoms with Gasteiger partial charge in [-0.15, -0.1) is 0 Å². The fourth-order valence-electron chi connectivity index (χ4n) is 1.54. The quantitative estimate of drug-likeness (QED) is 0.695. The van der Waals surface area contributed by atoms with Crippen molar-refractivity contribution >= 4 is 6.21 Å². The molecule has 1 heterocycles. The van der Waals surface area contributed by atoms with Gasteiger partial charge in [0.1, 0.15) is 0 Å². The molecule has 0 saturated carbocycles. The van der Waals surface area contributed by atoms with Crippen molar-refractivity contribution in [3.05, 3.63) is 35.9 Å². The third kappa shape index (κ3) is 3.46. The molecule has 1 saturated heterocycles. The van der Waals surface area contributed by atoms with E-state index in [1.165, 1.54) is 0 Å². The Balaban J connectivity index is 1.79. The Morgan fingerprint density at radius 3 is 2.67 bits per heavy atom. The molecule has 3 nitrogen and oxygen atoms in total. The molecule has 0 amide bonds. The molecule has 0 bridgehead atoms. The largest absolute Gasteiger partial charge is 0.379 e. The molecule has 1 aliphatic rings. The lowest BCUT2D eigenvalue weighted by Crippen LogP contribution is -2.36. The van der Waals surface area contributed by atoms with Crippen molar-refractivity contribution in [1.29, 1.82) is 0 Å². The molecule has 0 atom stereocenters. The van der Waals surface area contributed by atoms with Gasteiger partial charge in [-0.05, 0) is 5.56 Å². The number of hydrogen-bond acceptors (Lipinski definition) is 3. The van der Waals surface area contributed by atoms with Crippen molar-refractivity contribution in [2.45, 2.75) is 0 Å². The number of hydrogen-bond donors (Lipinski definition) is 0. The monoisotopic (exact) mass is 204 g/mol. The predicted octanol–water partition coefficient (Wildman–Crippen LogP) is 1.40. The van der Waals surface area contributed by atoms with Crippen molar-refractivity contribution in [1.82, 2.24) is 4.90 Å². The van der Waals surface area contributed by atoms with Crippen LogP contribution in [-0.2, 0) is 4.74 Å².